The molecule has 0 saturated carbocycles. The van der Waals surface area contributed by atoms with Gasteiger partial charge in [-0.25, -0.2) is 0 Å². The molecule has 2 rings (SSSR count). The van der Waals surface area contributed by atoms with Crippen molar-refractivity contribution in [2.24, 2.45) is 10.8 Å². The minimum Gasteiger partial charge on any atom is -0.385 e. The van der Waals surface area contributed by atoms with Gasteiger partial charge in [-0.2, -0.15) is 0 Å². The zero-order valence-electron chi connectivity index (χ0n) is 55.6. The fraction of sp³-hybridized carbons (Fsp3) is 0.375. The van der Waals surface area contributed by atoms with Crippen LogP contribution in [0, 0.1) is 10.8 Å². The van der Waals surface area contributed by atoms with Crippen LogP contribution in [0.4, 0.5) is 0 Å². The van der Waals surface area contributed by atoms with E-state index < -0.39 is 12.2 Å². The predicted molar refractivity (Wildman–Crippen MR) is 371 cm³/mol. The quantitative estimate of drug-likeness (QED) is 0.0669. The number of ketones is 2. The molecule has 0 unspecified atom stereocenters. The van der Waals surface area contributed by atoms with Crippen LogP contribution in [0.1, 0.15) is 177 Å². The highest BCUT2D eigenvalue weighted by molar-refractivity contribution is 6.01. The Morgan fingerprint density at radius 3 is 0.845 bits per heavy atom. The fourth-order valence-electron chi connectivity index (χ4n) is 9.04. The van der Waals surface area contributed by atoms with Gasteiger partial charge in [0.2, 0.25) is 0 Å². The second-order valence-electron chi connectivity index (χ2n) is 24.6. The van der Waals surface area contributed by atoms with Gasteiger partial charge in [0.15, 0.2) is 11.6 Å². The molecule has 452 valence electrons. The number of hydrogen-bond donors (Lipinski definition) is 2. The maximum Gasteiger partial charge on any atom is 0.187 e. The first-order valence-electron chi connectivity index (χ1n) is 30.1. The molecule has 0 radical (unpaired) electrons. The second kappa shape index (κ2) is 40.3. The minimum atomic E-state index is -0.907. The van der Waals surface area contributed by atoms with E-state index >= 15 is 0 Å². The van der Waals surface area contributed by atoms with Crippen molar-refractivity contribution in [3.8, 4) is 0 Å². The summed E-state index contributed by atoms with van der Waals surface area (Å²) in [5.74, 6) is -0.350. The third-order valence-corrected chi connectivity index (χ3v) is 14.2. The molecule has 84 heavy (non-hydrogen) atoms. The van der Waals surface area contributed by atoms with Crippen molar-refractivity contribution in [2.75, 3.05) is 0 Å². The molecule has 0 spiro atoms. The molecule has 0 aliphatic heterocycles. The van der Waals surface area contributed by atoms with Gasteiger partial charge in [0.1, 0.15) is 12.2 Å². The lowest BCUT2D eigenvalue weighted by molar-refractivity contribution is -0.126. The smallest absolute Gasteiger partial charge is 0.187 e. The zero-order chi connectivity index (χ0) is 63.4. The standard InChI is InChI=1S/C40H52O4.C40H56/c1-27(17-13-19-29(3)21-23-33-31(5)37(43)35(41)25-39(33,7)8)15-11-12-16-28(2)18-14-20-30(4)22-24-34-32(6)38(44)36(42)26-40(34,9)10;1-33(2)19-13-23-37(7)27-17-31-39(9)29-15-25-35(5)21-11-12-22-36(6)26-16-30-40(10)32-18-28-38(8)24-14-20-34(3)4/h11-24,35-36,41-42H,25-26H2,1-10H3;11-12,15-22,25-32H,13-14,23-24H2,1-10H3/b12-11+,17-13+,18-14+,23-21+,24-22+,27-15+,28-16+,29-19+,30-20+;12-11+,25-15+,26-16+,31-17+,32-18+,35-21+,36-22+,37-27+,38-28+,39-29+,40-30+/t35-,36-;/m0./s1. The predicted octanol–water partition coefficient (Wildman–Crippen LogP) is 21.8. The molecular formula is C80H108O4. The lowest BCUT2D eigenvalue weighted by Gasteiger charge is -2.34. The topological polar surface area (TPSA) is 74.6 Å². The van der Waals surface area contributed by atoms with Gasteiger partial charge in [0.05, 0.1) is 0 Å². The van der Waals surface area contributed by atoms with Crippen LogP contribution in [0.5, 0.6) is 0 Å². The highest BCUT2D eigenvalue weighted by Crippen LogP contribution is 2.41. The fourth-order valence-corrected chi connectivity index (χ4v) is 9.04. The molecule has 2 N–H and O–H groups in total. The number of Topliss-reactive ketones (excluding diaryl/α,β-unsaturated/α-hetero) is 2. The van der Waals surface area contributed by atoms with Crippen LogP contribution in [0.2, 0.25) is 0 Å². The van der Waals surface area contributed by atoms with Gasteiger partial charge in [-0.3, -0.25) is 9.59 Å². The van der Waals surface area contributed by atoms with Crippen LogP contribution < -0.4 is 0 Å². The average molecular weight is 1130 g/mol. The molecule has 2 atom stereocenters. The number of allylic oxidation sites excluding steroid dienone is 46. The molecule has 0 heterocycles. The Kier molecular flexibility index (Phi) is 36.0. The Bertz CT molecular complexity index is 2800. The molecule has 4 heteroatoms. The summed E-state index contributed by atoms with van der Waals surface area (Å²) < 4.78 is 0. The Hall–Kier alpha value is -6.98. The van der Waals surface area contributed by atoms with E-state index in [0.29, 0.717) is 24.0 Å². The van der Waals surface area contributed by atoms with Gasteiger partial charge >= 0.3 is 0 Å². The van der Waals surface area contributed by atoms with E-state index in [-0.39, 0.29) is 22.4 Å². The normalized spacial score (nSPS) is 20.0. The second-order valence-corrected chi connectivity index (χ2v) is 24.6. The monoisotopic (exact) mass is 1130 g/mol. The first-order valence-corrected chi connectivity index (χ1v) is 30.1. The lowest BCUT2D eigenvalue weighted by atomic mass is 9.71. The Morgan fingerprint density at radius 2 is 0.595 bits per heavy atom. The summed E-state index contributed by atoms with van der Waals surface area (Å²) in [6.07, 6.45) is 70.8. The number of carbonyl (C=O) groups is 2. The van der Waals surface area contributed by atoms with Crippen LogP contribution in [-0.2, 0) is 9.59 Å². The summed E-state index contributed by atoms with van der Waals surface area (Å²) in [6, 6.07) is 0. The van der Waals surface area contributed by atoms with Crippen LogP contribution >= 0.6 is 0 Å². The molecule has 0 aromatic heterocycles. The molecule has 2 aliphatic rings. The third-order valence-electron chi connectivity index (χ3n) is 14.2. The molecule has 4 nitrogen and oxygen atoms in total. The highest BCUT2D eigenvalue weighted by Gasteiger charge is 2.37. The first kappa shape index (κ1) is 75.0. The Balaban J connectivity index is 0.000000845. The van der Waals surface area contributed by atoms with Gasteiger partial charge in [-0.15, -0.1) is 0 Å². The lowest BCUT2D eigenvalue weighted by Crippen LogP contribution is -2.35. The number of aliphatic hydroxyl groups excluding tert-OH is 2. The van der Waals surface area contributed by atoms with Crippen molar-refractivity contribution in [2.45, 2.75) is 189 Å². The third kappa shape index (κ3) is 33.3. The number of carbonyl (C=O) groups excluding carboxylic acids is 2. The highest BCUT2D eigenvalue weighted by atomic mass is 16.3. The number of rotatable bonds is 26. The van der Waals surface area contributed by atoms with Crippen molar-refractivity contribution in [3.63, 3.8) is 0 Å². The molecule has 0 bridgehead atoms. The van der Waals surface area contributed by atoms with Crippen molar-refractivity contribution in [1.29, 1.82) is 0 Å². The van der Waals surface area contributed by atoms with Crippen molar-refractivity contribution in [1.82, 2.24) is 0 Å². The van der Waals surface area contributed by atoms with Gasteiger partial charge in [-0.1, -0.05) is 289 Å². The van der Waals surface area contributed by atoms with E-state index in [2.05, 4.69) is 244 Å². The molecule has 0 fully saturated rings. The molecule has 2 aliphatic carbocycles. The van der Waals surface area contributed by atoms with Crippen molar-refractivity contribution < 1.29 is 19.8 Å². The van der Waals surface area contributed by atoms with Gasteiger partial charge in [0.25, 0.3) is 0 Å². The number of aliphatic hydroxyl groups is 2. The van der Waals surface area contributed by atoms with Gasteiger partial charge in [-0.05, 0) is 182 Å². The summed E-state index contributed by atoms with van der Waals surface area (Å²) in [7, 11) is 0. The Morgan fingerprint density at radius 1 is 0.369 bits per heavy atom. The van der Waals surface area contributed by atoms with E-state index in [1.54, 1.807) is 13.8 Å². The van der Waals surface area contributed by atoms with E-state index in [1.165, 1.54) is 44.6 Å². The maximum absolute atomic E-state index is 12.2. The maximum atomic E-state index is 12.2. The molecular weight excluding hydrogens is 1020 g/mol. The van der Waals surface area contributed by atoms with Crippen molar-refractivity contribution >= 4 is 11.6 Å². The summed E-state index contributed by atoms with van der Waals surface area (Å²) in [5, 5.41) is 20.0. The van der Waals surface area contributed by atoms with E-state index in [9.17, 15) is 19.8 Å². The molecule has 0 amide bonds. The largest absolute Gasteiger partial charge is 0.385 e. The molecule has 0 aromatic carbocycles. The zero-order valence-corrected chi connectivity index (χ0v) is 55.6. The SMILES string of the molecule is CC(C)=CCC/C(C)=C/C=C/C(C)=C/C=C/C(C)=C/C=C/C=C(C)/C=C/C=C(C)/C=C/C=C(\C)CCC=C(C)C.CC1=C(/C=C/C(C)=C/C=C/C(C)=C/C=C/C=C(C)/C=C/C=C(C)/C=C/C2=C(C)C(=O)[C@@H](O)CC2(C)C)C(C)(C)C[C@H](O)C1=O. The summed E-state index contributed by atoms with van der Waals surface area (Å²) in [4.78, 5) is 24.5. The van der Waals surface area contributed by atoms with E-state index in [1.807, 2.05) is 74.6 Å². The summed E-state index contributed by atoms with van der Waals surface area (Å²) >= 11 is 0. The first-order chi connectivity index (χ1) is 39.4. The van der Waals surface area contributed by atoms with E-state index in [4.69, 9.17) is 0 Å². The minimum absolute atomic E-state index is 0.175. The Labute approximate surface area is 512 Å². The van der Waals surface area contributed by atoms with Gasteiger partial charge in [0, 0.05) is 0 Å². The van der Waals surface area contributed by atoms with Crippen LogP contribution in [-0.4, -0.2) is 34.0 Å². The molecule has 0 saturated heterocycles. The molecule has 0 aromatic rings. The van der Waals surface area contributed by atoms with E-state index in [0.717, 1.165) is 59.1 Å². The van der Waals surface area contributed by atoms with Crippen molar-refractivity contribution in [3.05, 3.63) is 284 Å². The van der Waals surface area contributed by atoms with Crippen LogP contribution in [0.25, 0.3) is 0 Å². The number of hydrogen-bond acceptors (Lipinski definition) is 4. The summed E-state index contributed by atoms with van der Waals surface area (Å²) in [6.45, 7) is 41.5. The average Bonchev–Trinajstić information content (AvgIpc) is 3.13. The van der Waals surface area contributed by atoms with Crippen LogP contribution in [0.3, 0.4) is 0 Å². The van der Waals surface area contributed by atoms with Gasteiger partial charge < -0.3 is 10.2 Å². The van der Waals surface area contributed by atoms with Crippen LogP contribution in [0.15, 0.2) is 284 Å². The summed E-state index contributed by atoms with van der Waals surface area (Å²) in [5.41, 5.74) is 17.7.